The molecule has 2 aromatic rings. The Kier molecular flexibility index (Phi) is 4.24. The molecule has 0 aromatic carbocycles. The van der Waals surface area contributed by atoms with Gasteiger partial charge >= 0.3 is 0 Å². The molecule has 0 spiro atoms. The number of H-pyrrole nitrogens is 1. The van der Waals surface area contributed by atoms with Crippen LogP contribution in [0.4, 0.5) is 0 Å². The first-order valence-electron chi connectivity index (χ1n) is 8.83. The summed E-state index contributed by atoms with van der Waals surface area (Å²) in [5.74, 6) is 1.64. The number of thiophene rings is 1. The second-order valence-electron chi connectivity index (χ2n) is 7.47. The Hall–Kier alpha value is -1.25. The van der Waals surface area contributed by atoms with E-state index >= 15 is 0 Å². The predicted molar refractivity (Wildman–Crippen MR) is 100 cm³/mol. The molecule has 0 saturated carbocycles. The van der Waals surface area contributed by atoms with Crippen molar-refractivity contribution in [3.63, 3.8) is 0 Å². The third-order valence-corrected chi connectivity index (χ3v) is 8.23. The largest absolute Gasteiger partial charge is 0.309 e. The van der Waals surface area contributed by atoms with E-state index in [1.54, 1.807) is 11.3 Å². The van der Waals surface area contributed by atoms with Crippen molar-refractivity contribution in [1.29, 1.82) is 0 Å². The molecule has 2 N–H and O–H groups in total. The van der Waals surface area contributed by atoms with Crippen molar-refractivity contribution < 1.29 is 8.42 Å². The van der Waals surface area contributed by atoms with Gasteiger partial charge in [-0.2, -0.15) is 0 Å². The molecular formula is C17H23N3O3S2. The highest BCUT2D eigenvalue weighted by molar-refractivity contribution is 7.91. The Bertz CT molecular complexity index is 977. The number of fused-ring (bicyclic) bond motifs is 3. The van der Waals surface area contributed by atoms with Crippen molar-refractivity contribution in [2.24, 2.45) is 5.92 Å². The third kappa shape index (κ3) is 3.27. The number of sulfone groups is 1. The average Bonchev–Trinajstić information content (AvgIpc) is 3.06. The molecule has 25 heavy (non-hydrogen) atoms. The van der Waals surface area contributed by atoms with Crippen molar-refractivity contribution in [3.05, 3.63) is 26.6 Å². The number of nitrogens with zero attached hydrogens (tertiary/aromatic N) is 1. The Morgan fingerprint density at radius 1 is 1.36 bits per heavy atom. The zero-order valence-electron chi connectivity index (χ0n) is 14.5. The summed E-state index contributed by atoms with van der Waals surface area (Å²) in [5, 5.41) is 4.06. The fraction of sp³-hybridized carbons (Fsp3) is 0.647. The average molecular weight is 382 g/mol. The summed E-state index contributed by atoms with van der Waals surface area (Å²) in [6, 6.07) is -0.258. The molecule has 136 valence electrons. The summed E-state index contributed by atoms with van der Waals surface area (Å²) in [4.78, 5) is 22.4. The minimum Gasteiger partial charge on any atom is -0.309 e. The summed E-state index contributed by atoms with van der Waals surface area (Å²) in [7, 11) is -2.93. The van der Waals surface area contributed by atoms with Gasteiger partial charge in [0.1, 0.15) is 10.7 Å². The second-order valence-corrected chi connectivity index (χ2v) is 10.8. The highest BCUT2D eigenvalue weighted by Crippen LogP contribution is 2.35. The summed E-state index contributed by atoms with van der Waals surface area (Å²) in [5.41, 5.74) is 1.11. The molecule has 0 amide bonds. The maximum atomic E-state index is 12.6. The molecule has 0 radical (unpaired) electrons. The lowest BCUT2D eigenvalue weighted by molar-refractivity contribution is 0.469. The van der Waals surface area contributed by atoms with E-state index in [1.807, 2.05) is 6.92 Å². The molecule has 1 aliphatic carbocycles. The number of hydrogen-bond acceptors (Lipinski definition) is 6. The quantitative estimate of drug-likeness (QED) is 0.848. The predicted octanol–water partition coefficient (Wildman–Crippen LogP) is 1.95. The number of nitrogens with one attached hydrogen (secondary N) is 2. The molecule has 3 atom stereocenters. The Morgan fingerprint density at radius 2 is 2.16 bits per heavy atom. The van der Waals surface area contributed by atoms with Crippen LogP contribution in [0.2, 0.25) is 0 Å². The molecule has 2 aliphatic rings. The van der Waals surface area contributed by atoms with Gasteiger partial charge in [-0.15, -0.1) is 11.3 Å². The van der Waals surface area contributed by atoms with Gasteiger partial charge in [-0.1, -0.05) is 6.92 Å². The maximum absolute atomic E-state index is 12.6. The number of hydrogen-bond donors (Lipinski definition) is 2. The van der Waals surface area contributed by atoms with E-state index in [9.17, 15) is 13.2 Å². The van der Waals surface area contributed by atoms with Crippen LogP contribution in [0.25, 0.3) is 10.2 Å². The fourth-order valence-electron chi connectivity index (χ4n) is 3.93. The highest BCUT2D eigenvalue weighted by atomic mass is 32.2. The molecule has 3 heterocycles. The lowest BCUT2D eigenvalue weighted by Gasteiger charge is -2.18. The topological polar surface area (TPSA) is 91.9 Å². The van der Waals surface area contributed by atoms with Crippen molar-refractivity contribution in [3.8, 4) is 0 Å². The SMILES string of the molecule is C[C@@H]1CCc2c(sc3nc([C@H](C)N[C@@H]4CCS(=O)(=O)C4)[nH]c(=O)c23)C1. The normalized spacial score (nSPS) is 26.6. The van der Waals surface area contributed by atoms with Gasteiger partial charge < -0.3 is 10.3 Å². The minimum absolute atomic E-state index is 0.0697. The molecule has 0 unspecified atom stereocenters. The first kappa shape index (κ1) is 17.2. The van der Waals surface area contributed by atoms with Gasteiger partial charge in [-0.05, 0) is 44.1 Å². The van der Waals surface area contributed by atoms with Crippen molar-refractivity contribution >= 4 is 31.4 Å². The van der Waals surface area contributed by atoms with Gasteiger partial charge in [0.05, 0.1) is 22.9 Å². The molecule has 2 aromatic heterocycles. The van der Waals surface area contributed by atoms with Crippen LogP contribution in [0.1, 0.15) is 49.0 Å². The molecule has 1 fully saturated rings. The Balaban J connectivity index is 1.64. The first-order valence-corrected chi connectivity index (χ1v) is 11.5. The smallest absolute Gasteiger partial charge is 0.259 e. The van der Waals surface area contributed by atoms with Gasteiger partial charge in [-0.25, -0.2) is 13.4 Å². The number of rotatable bonds is 3. The van der Waals surface area contributed by atoms with Gasteiger partial charge in [0.25, 0.3) is 5.56 Å². The molecular weight excluding hydrogens is 358 g/mol. The van der Waals surface area contributed by atoms with Gasteiger partial charge in [0.2, 0.25) is 0 Å². The Morgan fingerprint density at radius 3 is 2.88 bits per heavy atom. The highest BCUT2D eigenvalue weighted by Gasteiger charge is 2.30. The molecule has 4 rings (SSSR count). The van der Waals surface area contributed by atoms with E-state index in [-0.39, 0.29) is 29.1 Å². The number of aromatic nitrogens is 2. The van der Waals surface area contributed by atoms with Crippen LogP contribution < -0.4 is 10.9 Å². The van der Waals surface area contributed by atoms with Crippen LogP contribution in [-0.2, 0) is 22.7 Å². The molecule has 8 heteroatoms. The maximum Gasteiger partial charge on any atom is 0.259 e. The van der Waals surface area contributed by atoms with E-state index in [0.29, 0.717) is 18.2 Å². The second kappa shape index (κ2) is 6.17. The van der Waals surface area contributed by atoms with Gasteiger partial charge in [0.15, 0.2) is 9.84 Å². The summed E-state index contributed by atoms with van der Waals surface area (Å²) in [6.07, 6.45) is 3.71. The summed E-state index contributed by atoms with van der Waals surface area (Å²) >= 11 is 1.64. The van der Waals surface area contributed by atoms with E-state index < -0.39 is 9.84 Å². The van der Waals surface area contributed by atoms with Crippen molar-refractivity contribution in [1.82, 2.24) is 15.3 Å². The van der Waals surface area contributed by atoms with Crippen LogP contribution in [0.3, 0.4) is 0 Å². The van der Waals surface area contributed by atoms with E-state index in [2.05, 4.69) is 17.2 Å². The molecule has 1 saturated heterocycles. The van der Waals surface area contributed by atoms with Gasteiger partial charge in [-0.3, -0.25) is 4.79 Å². The molecule has 1 aliphatic heterocycles. The van der Waals surface area contributed by atoms with Crippen LogP contribution in [0.5, 0.6) is 0 Å². The summed E-state index contributed by atoms with van der Waals surface area (Å²) < 4.78 is 23.2. The van der Waals surface area contributed by atoms with Crippen LogP contribution in [0, 0.1) is 5.92 Å². The number of aromatic amines is 1. The zero-order valence-corrected chi connectivity index (χ0v) is 16.1. The zero-order chi connectivity index (χ0) is 17.8. The Labute approximate surface area is 151 Å². The van der Waals surface area contributed by atoms with Crippen molar-refractivity contribution in [2.45, 2.75) is 51.6 Å². The minimum atomic E-state index is -2.93. The monoisotopic (exact) mass is 381 g/mol. The molecule has 0 bridgehead atoms. The van der Waals surface area contributed by atoms with E-state index in [4.69, 9.17) is 4.98 Å². The van der Waals surface area contributed by atoms with Crippen LogP contribution in [0.15, 0.2) is 4.79 Å². The van der Waals surface area contributed by atoms with E-state index in [1.165, 1.54) is 10.4 Å². The molecule has 6 nitrogen and oxygen atoms in total. The first-order chi connectivity index (χ1) is 11.8. The van der Waals surface area contributed by atoms with Gasteiger partial charge in [0, 0.05) is 10.9 Å². The standard InChI is InChI=1S/C17H23N3O3S2/c1-9-3-4-12-13(7-9)24-17-14(12)16(21)19-15(20-17)10(2)18-11-5-6-25(22,23)8-11/h9-11,18H,3-8H2,1-2H3,(H,19,20,21)/t9-,10+,11-/m1/s1. The number of aryl methyl sites for hydroxylation is 1. The van der Waals surface area contributed by atoms with Crippen molar-refractivity contribution in [2.75, 3.05) is 11.5 Å². The lowest BCUT2D eigenvalue weighted by atomic mass is 9.89. The fourth-order valence-corrected chi connectivity index (χ4v) is 7.01. The summed E-state index contributed by atoms with van der Waals surface area (Å²) in [6.45, 7) is 4.17. The third-order valence-electron chi connectivity index (χ3n) is 5.31. The lowest BCUT2D eigenvalue weighted by Crippen LogP contribution is -2.34. The van der Waals surface area contributed by atoms with E-state index in [0.717, 1.165) is 29.5 Å². The van der Waals surface area contributed by atoms with Crippen LogP contribution in [-0.4, -0.2) is 35.9 Å². The van der Waals surface area contributed by atoms with Crippen LogP contribution >= 0.6 is 11.3 Å².